The Morgan fingerprint density at radius 2 is 1.28 bits per heavy atom. The summed E-state index contributed by atoms with van der Waals surface area (Å²) in [7, 11) is 0. The average Bonchev–Trinajstić information content (AvgIpc) is 2.75. The Hall–Kier alpha value is -0.860. The van der Waals surface area contributed by atoms with E-state index in [-0.39, 0.29) is 5.91 Å². The number of aliphatic imine (C=N–C) groups is 1. The van der Waals surface area contributed by atoms with Crippen LogP contribution in [0.1, 0.15) is 110 Å². The number of amides is 1. The fourth-order valence-corrected chi connectivity index (χ4v) is 3.61. The zero-order valence-corrected chi connectivity index (χ0v) is 17.0. The highest BCUT2D eigenvalue weighted by Gasteiger charge is 2.16. The summed E-state index contributed by atoms with van der Waals surface area (Å²) in [4.78, 5) is 18.4. The van der Waals surface area contributed by atoms with Crippen molar-refractivity contribution in [3.8, 4) is 0 Å². The molecule has 3 heteroatoms. The smallest absolute Gasteiger partial charge is 0.228 e. The van der Waals surface area contributed by atoms with E-state index in [0.717, 1.165) is 31.8 Å². The van der Waals surface area contributed by atoms with Gasteiger partial charge in [-0.3, -0.25) is 9.79 Å². The molecular formula is C22H42N2O. The van der Waals surface area contributed by atoms with Crippen LogP contribution < -0.4 is 0 Å². The van der Waals surface area contributed by atoms with Gasteiger partial charge in [-0.1, -0.05) is 90.4 Å². The van der Waals surface area contributed by atoms with Crippen LogP contribution in [0.4, 0.5) is 0 Å². The standard InChI is InChI=1S/C22H42N2O/c1-3-4-5-6-7-8-9-10-11-12-13-14-15-16-18-24-19-17-23-21(2)20-22(24)25/h3-20H2,1-2H3. The summed E-state index contributed by atoms with van der Waals surface area (Å²) in [5.41, 5.74) is 0.994. The minimum Gasteiger partial charge on any atom is -0.341 e. The van der Waals surface area contributed by atoms with Gasteiger partial charge in [-0.25, -0.2) is 0 Å². The van der Waals surface area contributed by atoms with Gasteiger partial charge in [0.15, 0.2) is 0 Å². The fourth-order valence-electron chi connectivity index (χ4n) is 3.61. The largest absolute Gasteiger partial charge is 0.341 e. The van der Waals surface area contributed by atoms with Crippen LogP contribution in [0.2, 0.25) is 0 Å². The Morgan fingerprint density at radius 3 is 1.80 bits per heavy atom. The molecule has 1 aliphatic heterocycles. The highest BCUT2D eigenvalue weighted by atomic mass is 16.2. The maximum Gasteiger partial charge on any atom is 0.228 e. The lowest BCUT2D eigenvalue weighted by atomic mass is 10.0. The molecule has 25 heavy (non-hydrogen) atoms. The van der Waals surface area contributed by atoms with Crippen LogP contribution in [0.25, 0.3) is 0 Å². The third kappa shape index (κ3) is 12.2. The number of unbranched alkanes of at least 4 members (excludes halogenated alkanes) is 13. The Labute approximate surface area is 156 Å². The van der Waals surface area contributed by atoms with Crippen LogP contribution in [-0.4, -0.2) is 36.2 Å². The van der Waals surface area contributed by atoms with Gasteiger partial charge in [-0.05, 0) is 13.3 Å². The van der Waals surface area contributed by atoms with Crippen molar-refractivity contribution < 1.29 is 4.79 Å². The molecule has 0 fully saturated rings. The first-order chi connectivity index (χ1) is 12.2. The highest BCUT2D eigenvalue weighted by molar-refractivity contribution is 6.00. The first kappa shape index (κ1) is 22.2. The van der Waals surface area contributed by atoms with Gasteiger partial charge < -0.3 is 4.90 Å². The van der Waals surface area contributed by atoms with Crippen molar-refractivity contribution >= 4 is 11.6 Å². The molecule has 0 saturated heterocycles. The van der Waals surface area contributed by atoms with E-state index in [9.17, 15) is 4.79 Å². The van der Waals surface area contributed by atoms with E-state index in [4.69, 9.17) is 0 Å². The molecule has 1 aliphatic rings. The quantitative estimate of drug-likeness (QED) is 0.325. The molecule has 0 spiro atoms. The number of carbonyl (C=O) groups excluding carboxylic acids is 1. The van der Waals surface area contributed by atoms with Crippen molar-refractivity contribution in [3.05, 3.63) is 0 Å². The lowest BCUT2D eigenvalue weighted by Crippen LogP contribution is -2.33. The summed E-state index contributed by atoms with van der Waals surface area (Å²) in [6.45, 7) is 6.78. The van der Waals surface area contributed by atoms with Gasteiger partial charge in [0, 0.05) is 18.8 Å². The first-order valence-corrected chi connectivity index (χ1v) is 11.0. The van der Waals surface area contributed by atoms with Gasteiger partial charge in [0.2, 0.25) is 5.91 Å². The Balaban J connectivity index is 1.82. The molecule has 0 atom stereocenters. The summed E-state index contributed by atoms with van der Waals surface area (Å²) in [6, 6.07) is 0. The van der Waals surface area contributed by atoms with Crippen molar-refractivity contribution in [2.24, 2.45) is 4.99 Å². The predicted molar refractivity (Wildman–Crippen MR) is 109 cm³/mol. The Morgan fingerprint density at radius 1 is 0.800 bits per heavy atom. The Kier molecular flexibility index (Phi) is 13.7. The molecule has 0 aliphatic carbocycles. The molecule has 3 nitrogen and oxygen atoms in total. The number of hydrogen-bond donors (Lipinski definition) is 0. The number of carbonyl (C=O) groups is 1. The van der Waals surface area contributed by atoms with Crippen molar-refractivity contribution in [1.82, 2.24) is 4.90 Å². The van der Waals surface area contributed by atoms with Crippen molar-refractivity contribution in [3.63, 3.8) is 0 Å². The van der Waals surface area contributed by atoms with Gasteiger partial charge in [0.25, 0.3) is 0 Å². The monoisotopic (exact) mass is 350 g/mol. The minimum atomic E-state index is 0.272. The van der Waals surface area contributed by atoms with Crippen LogP contribution in [0.3, 0.4) is 0 Å². The van der Waals surface area contributed by atoms with Gasteiger partial charge in [-0.15, -0.1) is 0 Å². The molecular weight excluding hydrogens is 308 g/mol. The Bertz CT molecular complexity index is 365. The molecule has 0 bridgehead atoms. The molecule has 0 saturated carbocycles. The number of nitrogens with zero attached hydrogens (tertiary/aromatic N) is 2. The maximum atomic E-state index is 12.0. The summed E-state index contributed by atoms with van der Waals surface area (Å²) in [5, 5.41) is 0. The SMILES string of the molecule is CCCCCCCCCCCCCCCCN1CCN=C(C)CC1=O. The second-order valence-corrected chi connectivity index (χ2v) is 7.77. The second-order valence-electron chi connectivity index (χ2n) is 7.77. The van der Waals surface area contributed by atoms with Crippen LogP contribution in [0, 0.1) is 0 Å². The van der Waals surface area contributed by atoms with E-state index in [2.05, 4.69) is 11.9 Å². The fraction of sp³-hybridized carbons (Fsp3) is 0.909. The molecule has 146 valence electrons. The molecule has 0 radical (unpaired) electrons. The molecule has 1 rings (SSSR count). The third-order valence-electron chi connectivity index (χ3n) is 5.29. The predicted octanol–water partition coefficient (Wildman–Crippen LogP) is 6.16. The third-order valence-corrected chi connectivity index (χ3v) is 5.29. The zero-order valence-electron chi connectivity index (χ0n) is 17.0. The topological polar surface area (TPSA) is 32.7 Å². The highest BCUT2D eigenvalue weighted by Crippen LogP contribution is 2.13. The van der Waals surface area contributed by atoms with Crippen molar-refractivity contribution in [1.29, 1.82) is 0 Å². The van der Waals surface area contributed by atoms with Gasteiger partial charge in [0.1, 0.15) is 0 Å². The van der Waals surface area contributed by atoms with Gasteiger partial charge >= 0.3 is 0 Å². The maximum absolute atomic E-state index is 12.0. The van der Waals surface area contributed by atoms with E-state index in [0.29, 0.717) is 6.42 Å². The van der Waals surface area contributed by atoms with Crippen LogP contribution in [-0.2, 0) is 4.79 Å². The van der Waals surface area contributed by atoms with Gasteiger partial charge in [-0.2, -0.15) is 0 Å². The van der Waals surface area contributed by atoms with Crippen LogP contribution in [0.15, 0.2) is 4.99 Å². The first-order valence-electron chi connectivity index (χ1n) is 11.0. The second kappa shape index (κ2) is 15.4. The van der Waals surface area contributed by atoms with E-state index in [1.807, 2.05) is 11.8 Å². The number of hydrogen-bond acceptors (Lipinski definition) is 2. The summed E-state index contributed by atoms with van der Waals surface area (Å²) in [6.07, 6.45) is 19.8. The molecule has 0 unspecified atom stereocenters. The number of rotatable bonds is 15. The van der Waals surface area contributed by atoms with E-state index in [1.165, 1.54) is 83.5 Å². The van der Waals surface area contributed by atoms with E-state index in [1.54, 1.807) is 0 Å². The summed E-state index contributed by atoms with van der Waals surface area (Å²) < 4.78 is 0. The average molecular weight is 351 g/mol. The zero-order chi connectivity index (χ0) is 18.2. The molecule has 0 aromatic carbocycles. The van der Waals surface area contributed by atoms with Gasteiger partial charge in [0.05, 0.1) is 13.0 Å². The molecule has 1 heterocycles. The minimum absolute atomic E-state index is 0.272. The van der Waals surface area contributed by atoms with Crippen LogP contribution in [0.5, 0.6) is 0 Å². The molecule has 0 aromatic heterocycles. The van der Waals surface area contributed by atoms with Crippen LogP contribution >= 0.6 is 0 Å². The summed E-state index contributed by atoms with van der Waals surface area (Å²) >= 11 is 0. The molecule has 1 amide bonds. The van der Waals surface area contributed by atoms with Crippen molar-refractivity contribution in [2.75, 3.05) is 19.6 Å². The normalized spacial score (nSPS) is 15.4. The molecule has 0 aromatic rings. The summed E-state index contributed by atoms with van der Waals surface area (Å²) in [5.74, 6) is 0.272. The lowest BCUT2D eigenvalue weighted by Gasteiger charge is -2.19. The molecule has 0 N–H and O–H groups in total. The van der Waals surface area contributed by atoms with Crippen molar-refractivity contribution in [2.45, 2.75) is 110 Å². The lowest BCUT2D eigenvalue weighted by molar-refractivity contribution is -0.129. The van der Waals surface area contributed by atoms with E-state index < -0.39 is 0 Å². The van der Waals surface area contributed by atoms with E-state index >= 15 is 0 Å².